The van der Waals surface area contributed by atoms with Crippen molar-refractivity contribution >= 4 is 12.0 Å². The molecule has 3 N–H and O–H groups in total. The third kappa shape index (κ3) is 8.08. The molecule has 0 radical (unpaired) electrons. The number of β-amino-alcohol motifs (C(OH)–C–C–N with tert-alkyl or cyclic N) is 1. The molecule has 0 fully saturated rings. The standard InChI is InChI=1S/C29H39NO4/c1-21(27-14-8-6-10-23(27)11-7-9-15-28(32)33)34-20-26(31)19-30-29(2,3)18-22-16-24-12-4-5-13-25(24)17-22/h4-8,10-14,21-22,26,30-31H,9,15-20H2,1-3H3,(H,32,33)/b11-7+/t21-,26-/m1/s1. The van der Waals surface area contributed by atoms with Crippen LogP contribution in [0.25, 0.3) is 6.08 Å². The number of hydrogen-bond acceptors (Lipinski definition) is 4. The Bertz CT molecular complexity index is 943. The highest BCUT2D eigenvalue weighted by Gasteiger charge is 2.28. The van der Waals surface area contributed by atoms with Crippen LogP contribution >= 0.6 is 0 Å². The topological polar surface area (TPSA) is 78.8 Å². The van der Waals surface area contributed by atoms with Crippen LogP contribution in [0.5, 0.6) is 0 Å². The summed E-state index contributed by atoms with van der Waals surface area (Å²) in [5, 5.41) is 22.9. The molecule has 5 heteroatoms. The maximum absolute atomic E-state index is 10.7. The Morgan fingerprint density at radius 3 is 2.47 bits per heavy atom. The first-order chi connectivity index (χ1) is 16.2. The summed E-state index contributed by atoms with van der Waals surface area (Å²) in [7, 11) is 0. The molecule has 5 nitrogen and oxygen atoms in total. The molecular weight excluding hydrogens is 426 g/mol. The second-order valence-electron chi connectivity index (χ2n) is 10.1. The molecule has 0 amide bonds. The van der Waals surface area contributed by atoms with Crippen LogP contribution in [0.2, 0.25) is 0 Å². The van der Waals surface area contributed by atoms with Crippen molar-refractivity contribution < 1.29 is 19.7 Å². The van der Waals surface area contributed by atoms with Gasteiger partial charge in [0.1, 0.15) is 0 Å². The maximum Gasteiger partial charge on any atom is 0.303 e. The number of hydrogen-bond donors (Lipinski definition) is 3. The van der Waals surface area contributed by atoms with Crippen molar-refractivity contribution in [2.24, 2.45) is 5.92 Å². The minimum absolute atomic E-state index is 0.0628. The predicted molar refractivity (Wildman–Crippen MR) is 137 cm³/mol. The van der Waals surface area contributed by atoms with E-state index >= 15 is 0 Å². The molecule has 0 saturated heterocycles. The van der Waals surface area contributed by atoms with Gasteiger partial charge in [-0.1, -0.05) is 60.7 Å². The lowest BCUT2D eigenvalue weighted by Gasteiger charge is -2.31. The summed E-state index contributed by atoms with van der Waals surface area (Å²) in [6, 6.07) is 16.6. The molecule has 1 aliphatic carbocycles. The Morgan fingerprint density at radius 1 is 1.15 bits per heavy atom. The van der Waals surface area contributed by atoms with E-state index < -0.39 is 12.1 Å². The number of carboxylic acid groups (broad SMARTS) is 1. The maximum atomic E-state index is 10.7. The number of fused-ring (bicyclic) bond motifs is 1. The molecule has 2 aromatic rings. The van der Waals surface area contributed by atoms with Gasteiger partial charge in [0.25, 0.3) is 0 Å². The second kappa shape index (κ2) is 12.3. The highest BCUT2D eigenvalue weighted by molar-refractivity contribution is 5.67. The highest BCUT2D eigenvalue weighted by Crippen LogP contribution is 2.32. The van der Waals surface area contributed by atoms with Crippen molar-refractivity contribution in [3.63, 3.8) is 0 Å². The number of rotatable bonds is 13. The van der Waals surface area contributed by atoms with Gasteiger partial charge < -0.3 is 20.3 Å². The van der Waals surface area contributed by atoms with E-state index in [4.69, 9.17) is 9.84 Å². The van der Waals surface area contributed by atoms with E-state index in [2.05, 4.69) is 43.4 Å². The van der Waals surface area contributed by atoms with Crippen LogP contribution in [-0.2, 0) is 22.4 Å². The molecule has 0 heterocycles. The number of aliphatic carboxylic acids is 1. The molecule has 0 spiro atoms. The van der Waals surface area contributed by atoms with Crippen molar-refractivity contribution in [2.45, 2.75) is 70.6 Å². The van der Waals surface area contributed by atoms with E-state index in [-0.39, 0.29) is 24.7 Å². The lowest BCUT2D eigenvalue weighted by Crippen LogP contribution is -2.45. The third-order valence-electron chi connectivity index (χ3n) is 6.55. The summed E-state index contributed by atoms with van der Waals surface area (Å²) in [5.74, 6) is -0.165. The number of aliphatic hydroxyl groups excluding tert-OH is 1. The van der Waals surface area contributed by atoms with E-state index in [1.165, 1.54) is 11.1 Å². The van der Waals surface area contributed by atoms with Crippen molar-refractivity contribution in [1.82, 2.24) is 5.32 Å². The molecule has 0 saturated carbocycles. The largest absolute Gasteiger partial charge is 0.481 e. The van der Waals surface area contributed by atoms with Crippen LogP contribution in [0.4, 0.5) is 0 Å². The normalized spacial score (nSPS) is 16.0. The summed E-state index contributed by atoms with van der Waals surface area (Å²) in [4.78, 5) is 10.7. The van der Waals surface area contributed by atoms with Crippen LogP contribution in [0, 0.1) is 5.92 Å². The molecule has 0 unspecified atom stereocenters. The summed E-state index contributed by atoms with van der Waals surface area (Å²) in [5.41, 5.74) is 4.92. The first kappa shape index (κ1) is 26.1. The van der Waals surface area contributed by atoms with Gasteiger partial charge in [0.15, 0.2) is 0 Å². The van der Waals surface area contributed by atoms with E-state index in [0.717, 1.165) is 30.4 Å². The van der Waals surface area contributed by atoms with Gasteiger partial charge >= 0.3 is 5.97 Å². The van der Waals surface area contributed by atoms with Crippen LogP contribution in [-0.4, -0.2) is 41.0 Å². The zero-order valence-electron chi connectivity index (χ0n) is 20.7. The summed E-state index contributed by atoms with van der Waals surface area (Å²) >= 11 is 0. The van der Waals surface area contributed by atoms with Gasteiger partial charge in [-0.25, -0.2) is 0 Å². The second-order valence-corrected chi connectivity index (χ2v) is 10.1. The molecule has 184 valence electrons. The number of carboxylic acids is 1. The van der Waals surface area contributed by atoms with Gasteiger partial charge in [-0.15, -0.1) is 0 Å². The van der Waals surface area contributed by atoms with Gasteiger partial charge in [-0.3, -0.25) is 4.79 Å². The van der Waals surface area contributed by atoms with Crippen LogP contribution < -0.4 is 5.32 Å². The highest BCUT2D eigenvalue weighted by atomic mass is 16.5. The summed E-state index contributed by atoms with van der Waals surface area (Å²) < 4.78 is 6.00. The molecular formula is C29H39NO4. The minimum Gasteiger partial charge on any atom is -0.481 e. The quantitative estimate of drug-likeness (QED) is 0.380. The van der Waals surface area contributed by atoms with E-state index in [9.17, 15) is 9.90 Å². The van der Waals surface area contributed by atoms with Crippen molar-refractivity contribution in [3.05, 3.63) is 76.9 Å². The van der Waals surface area contributed by atoms with Crippen molar-refractivity contribution in [3.8, 4) is 0 Å². The van der Waals surface area contributed by atoms with E-state index in [1.54, 1.807) is 0 Å². The summed E-state index contributed by atoms with van der Waals surface area (Å²) in [6.07, 6.45) is 6.99. The average molecular weight is 466 g/mol. The van der Waals surface area contributed by atoms with Gasteiger partial charge in [0, 0.05) is 18.5 Å². The van der Waals surface area contributed by atoms with Gasteiger partial charge in [-0.05, 0) is 74.6 Å². The Kier molecular flexibility index (Phi) is 9.45. The zero-order valence-corrected chi connectivity index (χ0v) is 20.7. The van der Waals surface area contributed by atoms with Gasteiger partial charge in [0.05, 0.1) is 18.8 Å². The fourth-order valence-electron chi connectivity index (χ4n) is 4.84. The smallest absolute Gasteiger partial charge is 0.303 e. The molecule has 2 atom stereocenters. The Balaban J connectivity index is 1.43. The van der Waals surface area contributed by atoms with Crippen molar-refractivity contribution in [1.29, 1.82) is 0 Å². The fraction of sp³-hybridized carbons (Fsp3) is 0.483. The van der Waals surface area contributed by atoms with E-state index in [1.807, 2.05) is 43.3 Å². The van der Waals surface area contributed by atoms with Crippen LogP contribution in [0.3, 0.4) is 0 Å². The minimum atomic E-state index is -0.797. The summed E-state index contributed by atoms with van der Waals surface area (Å²) in [6.45, 7) is 7.12. The third-order valence-corrected chi connectivity index (χ3v) is 6.55. The van der Waals surface area contributed by atoms with Gasteiger partial charge in [0.2, 0.25) is 0 Å². The Hall–Kier alpha value is -2.47. The molecule has 0 aromatic heterocycles. The Morgan fingerprint density at radius 2 is 1.79 bits per heavy atom. The molecule has 2 aromatic carbocycles. The number of allylic oxidation sites excluding steroid dienone is 1. The number of carbonyl (C=O) groups is 1. The SMILES string of the molecule is C[C@@H](OC[C@H](O)CNC(C)(C)CC1Cc2ccccc2C1)c1ccccc1/C=C/CCC(=O)O. The fourth-order valence-corrected chi connectivity index (χ4v) is 4.84. The zero-order chi connectivity index (χ0) is 24.6. The van der Waals surface area contributed by atoms with Crippen molar-refractivity contribution in [2.75, 3.05) is 13.2 Å². The molecule has 1 aliphatic rings. The molecule has 3 rings (SSSR count). The number of nitrogens with one attached hydrogen (secondary N) is 1. The molecule has 34 heavy (non-hydrogen) atoms. The lowest BCUT2D eigenvalue weighted by molar-refractivity contribution is -0.136. The molecule has 0 aliphatic heterocycles. The van der Waals surface area contributed by atoms with Crippen LogP contribution in [0.15, 0.2) is 54.6 Å². The van der Waals surface area contributed by atoms with Crippen LogP contribution in [0.1, 0.15) is 68.4 Å². The number of ether oxygens (including phenoxy) is 1. The predicted octanol–water partition coefficient (Wildman–Crippen LogP) is 5.18. The first-order valence-corrected chi connectivity index (χ1v) is 12.3. The Labute approximate surface area is 203 Å². The monoisotopic (exact) mass is 465 g/mol. The number of aliphatic hydroxyl groups is 1. The number of benzene rings is 2. The first-order valence-electron chi connectivity index (χ1n) is 12.3. The molecule has 0 bridgehead atoms. The average Bonchev–Trinajstić information content (AvgIpc) is 3.20. The van der Waals surface area contributed by atoms with E-state index in [0.29, 0.717) is 18.9 Å². The lowest BCUT2D eigenvalue weighted by atomic mass is 9.88. The van der Waals surface area contributed by atoms with Gasteiger partial charge in [-0.2, -0.15) is 0 Å².